The summed E-state index contributed by atoms with van der Waals surface area (Å²) in [5, 5.41) is 0.375. The van der Waals surface area contributed by atoms with Crippen LogP contribution in [0, 0.1) is 17.8 Å². The van der Waals surface area contributed by atoms with Gasteiger partial charge in [0.1, 0.15) is 5.78 Å². The summed E-state index contributed by atoms with van der Waals surface area (Å²) in [5.74, 6) is 4.15. The molecule has 1 saturated heterocycles. The molecule has 3 fully saturated rings. The fourth-order valence-corrected chi connectivity index (χ4v) is 5.50. The van der Waals surface area contributed by atoms with Crippen molar-refractivity contribution in [2.24, 2.45) is 17.8 Å². The van der Waals surface area contributed by atoms with Crippen molar-refractivity contribution in [3.63, 3.8) is 0 Å². The minimum atomic E-state index is 0.375. The van der Waals surface area contributed by atoms with E-state index in [1.165, 1.54) is 57.1 Å². The number of carbonyl (C=O) groups excluding carboxylic acids is 1. The van der Waals surface area contributed by atoms with Crippen molar-refractivity contribution in [3.8, 4) is 0 Å². The van der Waals surface area contributed by atoms with Crippen LogP contribution in [0.5, 0.6) is 0 Å². The highest BCUT2D eigenvalue weighted by Gasteiger charge is 2.37. The Hall–Kier alpha value is 0.0200. The normalized spacial score (nSPS) is 42.1. The molecule has 0 radical (unpaired) electrons. The number of thioether (sulfide) groups is 1. The van der Waals surface area contributed by atoms with Gasteiger partial charge in [0.15, 0.2) is 0 Å². The standard InChI is InChI=1S/C15H24OS/c16-15(14-6-3-9-17-14)13-8-7-11-4-1-2-5-12(11)10-13/h11-14H,1-10H2. The van der Waals surface area contributed by atoms with E-state index in [0.717, 1.165) is 18.3 Å². The highest BCUT2D eigenvalue weighted by molar-refractivity contribution is 8.00. The van der Waals surface area contributed by atoms with Gasteiger partial charge in [-0.2, -0.15) is 11.8 Å². The van der Waals surface area contributed by atoms with Crippen LogP contribution in [0.2, 0.25) is 0 Å². The number of hydrogen-bond acceptors (Lipinski definition) is 2. The molecule has 96 valence electrons. The maximum Gasteiger partial charge on any atom is 0.148 e. The van der Waals surface area contributed by atoms with E-state index in [-0.39, 0.29) is 0 Å². The molecule has 0 bridgehead atoms. The van der Waals surface area contributed by atoms with Gasteiger partial charge in [0, 0.05) is 5.92 Å². The Bertz CT molecular complexity index is 283. The van der Waals surface area contributed by atoms with Gasteiger partial charge in [0.05, 0.1) is 5.25 Å². The fourth-order valence-electron chi connectivity index (χ4n) is 4.20. The number of rotatable bonds is 2. The Morgan fingerprint density at radius 1 is 0.882 bits per heavy atom. The molecule has 2 heteroatoms. The molecule has 1 heterocycles. The Morgan fingerprint density at radius 2 is 1.71 bits per heavy atom. The zero-order valence-corrected chi connectivity index (χ0v) is 11.5. The number of Topliss-reactive ketones (excluding diaryl/α,β-unsaturated/α-hetero) is 1. The van der Waals surface area contributed by atoms with E-state index in [9.17, 15) is 4.79 Å². The predicted octanol–water partition coefficient (Wildman–Crippen LogP) is 4.06. The summed E-state index contributed by atoms with van der Waals surface area (Å²) in [6, 6.07) is 0. The second-order valence-corrected chi connectivity index (χ2v) is 7.53. The molecular formula is C15H24OS. The van der Waals surface area contributed by atoms with Gasteiger partial charge < -0.3 is 0 Å². The molecular weight excluding hydrogens is 228 g/mol. The van der Waals surface area contributed by atoms with Gasteiger partial charge in [0.2, 0.25) is 0 Å². The minimum absolute atomic E-state index is 0.375. The molecule has 0 aromatic carbocycles. The van der Waals surface area contributed by atoms with Crippen LogP contribution in [0.3, 0.4) is 0 Å². The first-order valence-corrected chi connectivity index (χ1v) is 8.55. The average molecular weight is 252 g/mol. The zero-order chi connectivity index (χ0) is 11.7. The van der Waals surface area contributed by atoms with Crippen LogP contribution in [-0.2, 0) is 4.79 Å². The topological polar surface area (TPSA) is 17.1 Å². The average Bonchev–Trinajstić information content (AvgIpc) is 2.91. The largest absolute Gasteiger partial charge is 0.298 e. The Balaban J connectivity index is 1.59. The van der Waals surface area contributed by atoms with Crippen molar-refractivity contribution in [2.75, 3.05) is 5.75 Å². The Morgan fingerprint density at radius 3 is 2.47 bits per heavy atom. The van der Waals surface area contributed by atoms with Gasteiger partial charge in [-0.3, -0.25) is 4.79 Å². The van der Waals surface area contributed by atoms with E-state index in [0.29, 0.717) is 17.0 Å². The van der Waals surface area contributed by atoms with E-state index in [2.05, 4.69) is 0 Å². The van der Waals surface area contributed by atoms with Crippen molar-refractivity contribution < 1.29 is 4.79 Å². The van der Waals surface area contributed by atoms with E-state index in [1.807, 2.05) is 11.8 Å². The summed E-state index contributed by atoms with van der Waals surface area (Å²) in [7, 11) is 0. The van der Waals surface area contributed by atoms with Crippen LogP contribution in [0.15, 0.2) is 0 Å². The molecule has 0 aromatic rings. The third-order valence-electron chi connectivity index (χ3n) is 5.19. The summed E-state index contributed by atoms with van der Waals surface area (Å²) in [6.45, 7) is 0. The summed E-state index contributed by atoms with van der Waals surface area (Å²) < 4.78 is 0. The van der Waals surface area contributed by atoms with Gasteiger partial charge in [0.25, 0.3) is 0 Å². The number of hydrogen-bond donors (Lipinski definition) is 0. The van der Waals surface area contributed by atoms with E-state index < -0.39 is 0 Å². The zero-order valence-electron chi connectivity index (χ0n) is 10.7. The first kappa shape index (κ1) is 12.1. The Kier molecular flexibility index (Phi) is 3.79. The SMILES string of the molecule is O=C(C1CCC2CCCCC2C1)C1CCCS1. The van der Waals surface area contributed by atoms with Crippen LogP contribution in [-0.4, -0.2) is 16.8 Å². The second kappa shape index (κ2) is 5.34. The van der Waals surface area contributed by atoms with E-state index in [4.69, 9.17) is 0 Å². The quantitative estimate of drug-likeness (QED) is 0.737. The molecule has 0 spiro atoms. The first-order chi connectivity index (χ1) is 8.34. The summed E-state index contributed by atoms with van der Waals surface area (Å²) >= 11 is 1.92. The number of ketones is 1. The fraction of sp³-hybridized carbons (Fsp3) is 0.933. The van der Waals surface area contributed by atoms with Crippen molar-refractivity contribution in [2.45, 2.75) is 63.0 Å². The molecule has 17 heavy (non-hydrogen) atoms. The lowest BCUT2D eigenvalue weighted by Gasteiger charge is -2.39. The molecule has 2 saturated carbocycles. The molecule has 0 aromatic heterocycles. The molecule has 3 aliphatic rings. The summed E-state index contributed by atoms with van der Waals surface area (Å²) in [5.41, 5.74) is 0. The van der Waals surface area contributed by atoms with Gasteiger partial charge in [-0.25, -0.2) is 0 Å². The molecule has 0 amide bonds. The number of carbonyl (C=O) groups is 1. The van der Waals surface area contributed by atoms with E-state index in [1.54, 1.807) is 0 Å². The van der Waals surface area contributed by atoms with Crippen LogP contribution >= 0.6 is 11.8 Å². The predicted molar refractivity (Wildman–Crippen MR) is 73.3 cm³/mol. The maximum atomic E-state index is 12.5. The van der Waals surface area contributed by atoms with Gasteiger partial charge >= 0.3 is 0 Å². The maximum absolute atomic E-state index is 12.5. The third kappa shape index (κ3) is 2.57. The first-order valence-electron chi connectivity index (χ1n) is 7.50. The van der Waals surface area contributed by atoms with Crippen LogP contribution in [0.4, 0.5) is 0 Å². The monoisotopic (exact) mass is 252 g/mol. The lowest BCUT2D eigenvalue weighted by Crippen LogP contribution is -2.34. The number of fused-ring (bicyclic) bond motifs is 1. The van der Waals surface area contributed by atoms with Crippen molar-refractivity contribution in [3.05, 3.63) is 0 Å². The smallest absolute Gasteiger partial charge is 0.148 e. The summed E-state index contributed by atoms with van der Waals surface area (Å²) in [6.07, 6.45) is 11.9. The summed E-state index contributed by atoms with van der Waals surface area (Å²) in [4.78, 5) is 12.5. The van der Waals surface area contributed by atoms with Crippen molar-refractivity contribution in [1.29, 1.82) is 0 Å². The van der Waals surface area contributed by atoms with Gasteiger partial charge in [-0.1, -0.05) is 25.7 Å². The molecule has 4 unspecified atom stereocenters. The van der Waals surface area contributed by atoms with Gasteiger partial charge in [-0.15, -0.1) is 0 Å². The van der Waals surface area contributed by atoms with Crippen LogP contribution < -0.4 is 0 Å². The minimum Gasteiger partial charge on any atom is -0.298 e. The lowest BCUT2D eigenvalue weighted by atomic mass is 9.66. The highest BCUT2D eigenvalue weighted by atomic mass is 32.2. The molecule has 0 N–H and O–H groups in total. The third-order valence-corrected chi connectivity index (χ3v) is 6.58. The molecule has 3 rings (SSSR count). The van der Waals surface area contributed by atoms with Crippen molar-refractivity contribution >= 4 is 17.5 Å². The van der Waals surface area contributed by atoms with Crippen LogP contribution in [0.25, 0.3) is 0 Å². The highest BCUT2D eigenvalue weighted by Crippen LogP contribution is 2.44. The van der Waals surface area contributed by atoms with E-state index >= 15 is 0 Å². The molecule has 1 aliphatic heterocycles. The van der Waals surface area contributed by atoms with Gasteiger partial charge in [-0.05, 0) is 49.7 Å². The van der Waals surface area contributed by atoms with Crippen LogP contribution in [0.1, 0.15) is 57.8 Å². The molecule has 2 aliphatic carbocycles. The second-order valence-electron chi connectivity index (χ2n) is 6.22. The molecule has 4 atom stereocenters. The lowest BCUT2D eigenvalue weighted by molar-refractivity contribution is -0.124. The molecule has 1 nitrogen and oxygen atoms in total. The van der Waals surface area contributed by atoms with Crippen molar-refractivity contribution in [1.82, 2.24) is 0 Å². The Labute approximate surface area is 109 Å².